The van der Waals surface area contributed by atoms with Gasteiger partial charge in [0, 0.05) is 12.1 Å². The van der Waals surface area contributed by atoms with Crippen LogP contribution in [0.3, 0.4) is 0 Å². The van der Waals surface area contributed by atoms with E-state index < -0.39 is 5.60 Å². The van der Waals surface area contributed by atoms with Gasteiger partial charge in [0.05, 0.1) is 6.04 Å². The molecular formula is C15H30N2O2. The number of carbonyl (C=O) groups is 1. The van der Waals surface area contributed by atoms with E-state index in [0.717, 1.165) is 12.8 Å². The maximum absolute atomic E-state index is 12.4. The Morgan fingerprint density at radius 2 is 1.84 bits per heavy atom. The summed E-state index contributed by atoms with van der Waals surface area (Å²) in [5, 5.41) is 3.36. The van der Waals surface area contributed by atoms with Crippen molar-refractivity contribution in [1.29, 1.82) is 0 Å². The smallest absolute Gasteiger partial charge is 0.410 e. The van der Waals surface area contributed by atoms with Crippen LogP contribution in [0.5, 0.6) is 0 Å². The molecule has 0 aliphatic heterocycles. The van der Waals surface area contributed by atoms with Crippen molar-refractivity contribution < 1.29 is 9.53 Å². The lowest BCUT2D eigenvalue weighted by Gasteiger charge is -2.42. The zero-order chi connectivity index (χ0) is 14.6. The molecule has 4 nitrogen and oxygen atoms in total. The van der Waals surface area contributed by atoms with Gasteiger partial charge in [0.2, 0.25) is 0 Å². The fraction of sp³-hybridized carbons (Fsp3) is 0.933. The minimum atomic E-state index is -0.436. The number of hydrogen-bond acceptors (Lipinski definition) is 3. The molecule has 4 heteroatoms. The van der Waals surface area contributed by atoms with Gasteiger partial charge in [0.15, 0.2) is 0 Å². The Balaban J connectivity index is 2.83. The van der Waals surface area contributed by atoms with E-state index in [4.69, 9.17) is 4.74 Å². The van der Waals surface area contributed by atoms with Gasteiger partial charge in [-0.25, -0.2) is 4.79 Å². The van der Waals surface area contributed by atoms with Crippen LogP contribution in [-0.2, 0) is 4.74 Å². The molecule has 0 aromatic heterocycles. The number of ether oxygens (including phenoxy) is 1. The second-order valence-electron chi connectivity index (χ2n) is 6.73. The predicted molar refractivity (Wildman–Crippen MR) is 78.3 cm³/mol. The molecule has 19 heavy (non-hydrogen) atoms. The molecule has 1 aliphatic carbocycles. The minimum Gasteiger partial charge on any atom is -0.444 e. The van der Waals surface area contributed by atoms with E-state index in [2.05, 4.69) is 19.2 Å². The lowest BCUT2D eigenvalue weighted by molar-refractivity contribution is -0.000496. The van der Waals surface area contributed by atoms with Crippen molar-refractivity contribution in [3.8, 4) is 0 Å². The van der Waals surface area contributed by atoms with Crippen LogP contribution in [-0.4, -0.2) is 41.8 Å². The van der Waals surface area contributed by atoms with Crippen LogP contribution in [0, 0.1) is 0 Å². The second kappa shape index (κ2) is 6.60. The molecule has 0 aromatic carbocycles. The highest BCUT2D eigenvalue weighted by Gasteiger charge is 2.35. The van der Waals surface area contributed by atoms with Crippen LogP contribution in [0.25, 0.3) is 0 Å². The van der Waals surface area contributed by atoms with E-state index in [-0.39, 0.29) is 18.2 Å². The number of hydrogen-bond donors (Lipinski definition) is 1. The monoisotopic (exact) mass is 270 g/mol. The lowest BCUT2D eigenvalue weighted by Crippen LogP contribution is -2.56. The summed E-state index contributed by atoms with van der Waals surface area (Å²) in [6.45, 7) is 9.87. The number of nitrogens with zero attached hydrogens (tertiary/aromatic N) is 1. The molecule has 1 fully saturated rings. The topological polar surface area (TPSA) is 41.6 Å². The molecule has 2 atom stereocenters. The van der Waals surface area contributed by atoms with Crippen LogP contribution < -0.4 is 5.32 Å². The van der Waals surface area contributed by atoms with Crippen molar-refractivity contribution in [1.82, 2.24) is 10.2 Å². The third kappa shape index (κ3) is 4.68. The minimum absolute atomic E-state index is 0.161. The van der Waals surface area contributed by atoms with Gasteiger partial charge in [-0.15, -0.1) is 0 Å². The van der Waals surface area contributed by atoms with Crippen LogP contribution in [0.2, 0.25) is 0 Å². The van der Waals surface area contributed by atoms with E-state index in [1.165, 1.54) is 12.8 Å². The Morgan fingerprint density at radius 1 is 1.26 bits per heavy atom. The van der Waals surface area contributed by atoms with Crippen molar-refractivity contribution >= 4 is 6.09 Å². The summed E-state index contributed by atoms with van der Waals surface area (Å²) in [5.74, 6) is 0. The molecule has 1 aliphatic rings. The zero-order valence-corrected chi connectivity index (χ0v) is 13.3. The van der Waals surface area contributed by atoms with Gasteiger partial charge in [-0.05, 0) is 54.5 Å². The largest absolute Gasteiger partial charge is 0.444 e. The van der Waals surface area contributed by atoms with Gasteiger partial charge in [0.25, 0.3) is 0 Å². The van der Waals surface area contributed by atoms with E-state index in [9.17, 15) is 4.79 Å². The summed E-state index contributed by atoms with van der Waals surface area (Å²) in [6.07, 6.45) is 4.43. The van der Waals surface area contributed by atoms with Crippen molar-refractivity contribution in [3.63, 3.8) is 0 Å². The highest BCUT2D eigenvalue weighted by Crippen LogP contribution is 2.26. The highest BCUT2D eigenvalue weighted by molar-refractivity contribution is 5.69. The summed E-state index contributed by atoms with van der Waals surface area (Å²) >= 11 is 0. The summed E-state index contributed by atoms with van der Waals surface area (Å²) in [6, 6.07) is 0.783. The van der Waals surface area contributed by atoms with Crippen molar-refractivity contribution in [2.75, 3.05) is 7.05 Å². The molecule has 1 amide bonds. The zero-order valence-electron chi connectivity index (χ0n) is 13.3. The first-order chi connectivity index (χ1) is 8.76. The molecule has 0 radical (unpaired) electrons. The third-order valence-corrected chi connectivity index (χ3v) is 3.62. The number of amides is 1. The van der Waals surface area contributed by atoms with E-state index >= 15 is 0 Å². The Labute approximate surface area is 117 Å². The Hall–Kier alpha value is -0.770. The maximum Gasteiger partial charge on any atom is 0.410 e. The molecule has 0 saturated heterocycles. The molecule has 0 heterocycles. The number of nitrogens with one attached hydrogen (secondary N) is 1. The maximum atomic E-state index is 12.4. The van der Waals surface area contributed by atoms with Gasteiger partial charge in [-0.3, -0.25) is 0 Å². The first kappa shape index (κ1) is 16.3. The van der Waals surface area contributed by atoms with E-state index in [1.54, 1.807) is 0 Å². The first-order valence-corrected chi connectivity index (χ1v) is 7.45. The van der Waals surface area contributed by atoms with E-state index in [1.807, 2.05) is 32.7 Å². The van der Waals surface area contributed by atoms with Gasteiger partial charge in [-0.2, -0.15) is 0 Å². The molecular weight excluding hydrogens is 240 g/mol. The SMILES string of the molecule is CN[C@H]1CCCC[C@H]1N(C(=O)OC(C)(C)C)C(C)C. The van der Waals surface area contributed by atoms with Crippen LogP contribution in [0.15, 0.2) is 0 Å². The molecule has 0 unspecified atom stereocenters. The molecule has 0 spiro atoms. The molecule has 0 aromatic rings. The van der Waals surface area contributed by atoms with Gasteiger partial charge in [-0.1, -0.05) is 12.8 Å². The fourth-order valence-corrected chi connectivity index (χ4v) is 2.82. The van der Waals surface area contributed by atoms with E-state index in [0.29, 0.717) is 6.04 Å². The number of rotatable bonds is 3. The molecule has 1 rings (SSSR count). The first-order valence-electron chi connectivity index (χ1n) is 7.45. The predicted octanol–water partition coefficient (Wildman–Crippen LogP) is 3.16. The van der Waals surface area contributed by atoms with Crippen molar-refractivity contribution in [3.05, 3.63) is 0 Å². The van der Waals surface area contributed by atoms with Gasteiger partial charge >= 0.3 is 6.09 Å². The molecule has 1 saturated carbocycles. The molecule has 112 valence electrons. The molecule has 0 bridgehead atoms. The quantitative estimate of drug-likeness (QED) is 0.856. The van der Waals surface area contributed by atoms with Crippen LogP contribution in [0.4, 0.5) is 4.79 Å². The summed E-state index contributed by atoms with van der Waals surface area (Å²) in [5.41, 5.74) is -0.436. The molecule has 1 N–H and O–H groups in total. The summed E-state index contributed by atoms with van der Waals surface area (Å²) < 4.78 is 5.57. The van der Waals surface area contributed by atoms with Gasteiger partial charge < -0.3 is 15.0 Å². The Kier molecular flexibility index (Phi) is 5.65. The number of likely N-dealkylation sites (N-methyl/N-ethyl adjacent to an activating group) is 1. The van der Waals surface area contributed by atoms with Crippen LogP contribution in [0.1, 0.15) is 60.3 Å². The third-order valence-electron chi connectivity index (χ3n) is 3.62. The second-order valence-corrected chi connectivity index (χ2v) is 6.73. The fourth-order valence-electron chi connectivity index (χ4n) is 2.82. The standard InChI is InChI=1S/C15H30N2O2/c1-11(2)17(14(18)19-15(3,4)5)13-10-8-7-9-12(13)16-6/h11-13,16H,7-10H2,1-6H3/t12-,13+/m0/s1. The number of carbonyl (C=O) groups excluding carboxylic acids is 1. The Morgan fingerprint density at radius 3 is 2.32 bits per heavy atom. The summed E-state index contributed by atoms with van der Waals surface area (Å²) in [4.78, 5) is 14.4. The lowest BCUT2D eigenvalue weighted by atomic mass is 9.89. The van der Waals surface area contributed by atoms with Crippen LogP contribution >= 0.6 is 0 Å². The normalized spacial score (nSPS) is 24.4. The average molecular weight is 270 g/mol. The van der Waals surface area contributed by atoms with Gasteiger partial charge in [0.1, 0.15) is 5.60 Å². The van der Waals surface area contributed by atoms with Crippen molar-refractivity contribution in [2.45, 2.75) is 84.0 Å². The summed E-state index contributed by atoms with van der Waals surface area (Å²) in [7, 11) is 1.98. The highest BCUT2D eigenvalue weighted by atomic mass is 16.6. The van der Waals surface area contributed by atoms with Crippen molar-refractivity contribution in [2.24, 2.45) is 0 Å². The average Bonchev–Trinajstić information content (AvgIpc) is 2.26. The Bertz CT molecular complexity index is 297.